The van der Waals surface area contributed by atoms with Gasteiger partial charge in [-0.1, -0.05) is 65.0 Å². The van der Waals surface area contributed by atoms with Crippen molar-refractivity contribution < 1.29 is 19.5 Å². The molecular weight excluding hydrogens is 516 g/mol. The number of likely N-dealkylation sites (N-methyl/N-ethyl adjacent to an activating group) is 1. The van der Waals surface area contributed by atoms with Gasteiger partial charge in [0.1, 0.15) is 0 Å². The number of carbonyl (C=O) groups excluding carboxylic acids is 3. The first kappa shape index (κ1) is 34.0. The Balaban J connectivity index is 2.25. The van der Waals surface area contributed by atoms with Crippen molar-refractivity contribution in [2.75, 3.05) is 26.2 Å². The monoisotopic (exact) mass is 566 g/mol. The number of rotatable bonds is 17. The van der Waals surface area contributed by atoms with Crippen molar-refractivity contribution in [1.29, 1.82) is 0 Å². The van der Waals surface area contributed by atoms with E-state index in [1.165, 1.54) is 0 Å². The molecule has 8 nitrogen and oxygen atoms in total. The average molecular weight is 567 g/mol. The van der Waals surface area contributed by atoms with Crippen LogP contribution in [0.3, 0.4) is 0 Å². The van der Waals surface area contributed by atoms with E-state index in [0.717, 1.165) is 30.4 Å². The van der Waals surface area contributed by atoms with Crippen molar-refractivity contribution in [3.8, 4) is 0 Å². The maximum Gasteiger partial charge on any atom is 0.253 e. The zero-order chi connectivity index (χ0) is 30.4. The van der Waals surface area contributed by atoms with E-state index in [2.05, 4.69) is 24.6 Å². The third-order valence-corrected chi connectivity index (χ3v) is 6.96. The van der Waals surface area contributed by atoms with Crippen molar-refractivity contribution >= 4 is 17.7 Å². The molecule has 41 heavy (non-hydrogen) atoms. The van der Waals surface area contributed by atoms with Crippen LogP contribution < -0.4 is 10.7 Å². The minimum atomic E-state index is -0.958. The van der Waals surface area contributed by atoms with Gasteiger partial charge >= 0.3 is 0 Å². The predicted molar refractivity (Wildman–Crippen MR) is 165 cm³/mol. The van der Waals surface area contributed by atoms with E-state index < -0.39 is 12.1 Å². The van der Waals surface area contributed by atoms with Gasteiger partial charge in [-0.15, -0.1) is 0 Å². The molecule has 3 N–H and O–H groups in total. The van der Waals surface area contributed by atoms with Gasteiger partial charge in [-0.25, -0.2) is 5.01 Å². The Hall–Kier alpha value is -3.23. The molecule has 3 amide bonds. The number of hydrogen-bond donors (Lipinski definition) is 3. The van der Waals surface area contributed by atoms with E-state index in [9.17, 15) is 19.5 Å². The fourth-order valence-electron chi connectivity index (χ4n) is 4.74. The smallest absolute Gasteiger partial charge is 0.253 e. The molecule has 0 aliphatic carbocycles. The number of aliphatic hydroxyl groups is 1. The van der Waals surface area contributed by atoms with Gasteiger partial charge < -0.3 is 15.3 Å². The van der Waals surface area contributed by atoms with Crippen molar-refractivity contribution in [3.05, 3.63) is 70.8 Å². The lowest BCUT2D eigenvalue weighted by Gasteiger charge is -2.30. The third-order valence-electron chi connectivity index (χ3n) is 6.96. The second kappa shape index (κ2) is 17.6. The molecule has 0 radical (unpaired) electrons. The highest BCUT2D eigenvalue weighted by Gasteiger charge is 2.26. The van der Waals surface area contributed by atoms with Crippen molar-refractivity contribution in [1.82, 2.24) is 20.7 Å². The summed E-state index contributed by atoms with van der Waals surface area (Å²) in [6, 6.07) is 14.3. The summed E-state index contributed by atoms with van der Waals surface area (Å²) in [5.41, 5.74) is 5.54. The van der Waals surface area contributed by atoms with E-state index in [1.54, 1.807) is 17.1 Å². The number of carbonyl (C=O) groups is 3. The number of nitrogens with zero attached hydrogens (tertiary/aromatic N) is 2. The van der Waals surface area contributed by atoms with Gasteiger partial charge in [0.05, 0.1) is 12.1 Å². The summed E-state index contributed by atoms with van der Waals surface area (Å²) in [7, 11) is 0. The first-order valence-electron chi connectivity index (χ1n) is 15.1. The van der Waals surface area contributed by atoms with E-state index in [1.807, 2.05) is 69.0 Å². The molecule has 226 valence electrons. The summed E-state index contributed by atoms with van der Waals surface area (Å²) in [6.07, 6.45) is 2.36. The van der Waals surface area contributed by atoms with Crippen molar-refractivity contribution in [2.24, 2.45) is 5.92 Å². The van der Waals surface area contributed by atoms with Gasteiger partial charge in [-0.05, 0) is 67.9 Å². The molecular formula is C33H50N4O4. The molecule has 0 aliphatic rings. The van der Waals surface area contributed by atoms with E-state index in [-0.39, 0.29) is 24.3 Å². The summed E-state index contributed by atoms with van der Waals surface area (Å²) < 4.78 is 0. The minimum absolute atomic E-state index is 0.0842. The Morgan fingerprint density at radius 1 is 0.927 bits per heavy atom. The van der Waals surface area contributed by atoms with Crippen LogP contribution in [0.4, 0.5) is 0 Å². The van der Waals surface area contributed by atoms with Gasteiger partial charge in [0.2, 0.25) is 5.91 Å². The molecule has 0 bridgehead atoms. The molecule has 0 aromatic heterocycles. The largest absolute Gasteiger partial charge is 0.390 e. The van der Waals surface area contributed by atoms with Crippen molar-refractivity contribution in [3.63, 3.8) is 0 Å². The first-order valence-corrected chi connectivity index (χ1v) is 15.1. The molecule has 0 fully saturated rings. The molecule has 0 heterocycles. The number of hydrazine groups is 1. The Bertz CT molecular complexity index is 1100. The van der Waals surface area contributed by atoms with Crippen LogP contribution >= 0.6 is 0 Å². The van der Waals surface area contributed by atoms with Crippen LogP contribution in [0.2, 0.25) is 0 Å². The van der Waals surface area contributed by atoms with E-state index in [4.69, 9.17) is 0 Å². The Morgan fingerprint density at radius 3 is 2.15 bits per heavy atom. The quantitative estimate of drug-likeness (QED) is 0.240. The molecule has 0 saturated heterocycles. The number of benzene rings is 2. The third kappa shape index (κ3) is 11.7. The SMILES string of the molecule is CCCN(CCC)C(=O)c1cc(C)cc(C(=O)N[C@@H](Cc2ccccc2)[C@@H](O)CN(CC)NC(=O)CCC(C)C)c1. The lowest BCUT2D eigenvalue weighted by atomic mass is 9.99. The highest BCUT2D eigenvalue weighted by Crippen LogP contribution is 2.15. The van der Waals surface area contributed by atoms with Gasteiger partial charge in [-0.2, -0.15) is 0 Å². The molecule has 8 heteroatoms. The highest BCUT2D eigenvalue weighted by atomic mass is 16.3. The molecule has 2 aromatic carbocycles. The second-order valence-corrected chi connectivity index (χ2v) is 11.2. The van der Waals surface area contributed by atoms with Crippen LogP contribution in [0.1, 0.15) is 92.1 Å². The Kier molecular flexibility index (Phi) is 14.5. The van der Waals surface area contributed by atoms with E-state index in [0.29, 0.717) is 49.5 Å². The number of aryl methyl sites for hydroxylation is 1. The zero-order valence-electron chi connectivity index (χ0n) is 25.8. The summed E-state index contributed by atoms with van der Waals surface area (Å²) in [6.45, 7) is 14.0. The highest BCUT2D eigenvalue weighted by molar-refractivity contribution is 6.00. The molecule has 2 atom stereocenters. The van der Waals surface area contributed by atoms with Crippen LogP contribution in [0.25, 0.3) is 0 Å². The van der Waals surface area contributed by atoms with Gasteiger partial charge in [0.15, 0.2) is 0 Å². The summed E-state index contributed by atoms with van der Waals surface area (Å²) in [4.78, 5) is 41.1. The van der Waals surface area contributed by atoms with Crippen LogP contribution in [-0.4, -0.2) is 71.1 Å². The molecule has 0 saturated carbocycles. The lowest BCUT2D eigenvalue weighted by Crippen LogP contribution is -2.53. The zero-order valence-corrected chi connectivity index (χ0v) is 25.8. The summed E-state index contributed by atoms with van der Waals surface area (Å²) >= 11 is 0. The van der Waals surface area contributed by atoms with Crippen LogP contribution in [-0.2, 0) is 11.2 Å². The second-order valence-electron chi connectivity index (χ2n) is 11.2. The first-order chi connectivity index (χ1) is 19.6. The Morgan fingerprint density at radius 2 is 1.56 bits per heavy atom. The normalized spacial score (nSPS) is 12.7. The number of hydrogen-bond acceptors (Lipinski definition) is 5. The van der Waals surface area contributed by atoms with Crippen LogP contribution in [0.5, 0.6) is 0 Å². The standard InChI is InChI=1S/C33H50N4O4/c1-7-17-36(18-8-2)33(41)28-20-25(6)19-27(22-28)32(40)34-29(21-26-13-11-10-12-14-26)30(38)23-37(9-3)35-31(39)16-15-24(4)5/h10-14,19-20,22,24,29-30,38H,7-9,15-18,21,23H2,1-6H3,(H,34,40)(H,35,39)/t29-,30-/m0/s1. The summed E-state index contributed by atoms with van der Waals surface area (Å²) in [5, 5.41) is 16.0. The number of amides is 3. The maximum atomic E-state index is 13.5. The lowest BCUT2D eigenvalue weighted by molar-refractivity contribution is -0.126. The van der Waals surface area contributed by atoms with Gasteiger partial charge in [0.25, 0.3) is 11.8 Å². The molecule has 0 aliphatic heterocycles. The fraction of sp³-hybridized carbons (Fsp3) is 0.545. The minimum Gasteiger partial charge on any atom is -0.390 e. The average Bonchev–Trinajstić information content (AvgIpc) is 2.94. The van der Waals surface area contributed by atoms with E-state index >= 15 is 0 Å². The molecule has 2 aromatic rings. The Labute approximate surface area is 246 Å². The number of aliphatic hydroxyl groups excluding tert-OH is 1. The van der Waals surface area contributed by atoms with Gasteiger partial charge in [0, 0.05) is 43.7 Å². The maximum absolute atomic E-state index is 13.5. The van der Waals surface area contributed by atoms with Crippen molar-refractivity contribution in [2.45, 2.75) is 85.8 Å². The summed E-state index contributed by atoms with van der Waals surface area (Å²) in [5.74, 6) is -0.109. The van der Waals surface area contributed by atoms with Gasteiger partial charge in [-0.3, -0.25) is 19.8 Å². The molecule has 2 rings (SSSR count). The van der Waals surface area contributed by atoms with Crippen LogP contribution in [0, 0.1) is 12.8 Å². The molecule has 0 spiro atoms. The number of nitrogens with one attached hydrogen (secondary N) is 2. The predicted octanol–water partition coefficient (Wildman–Crippen LogP) is 4.75. The molecule has 0 unspecified atom stereocenters. The van der Waals surface area contributed by atoms with Crippen LogP contribution in [0.15, 0.2) is 48.5 Å². The topological polar surface area (TPSA) is 102 Å². The fourth-order valence-corrected chi connectivity index (χ4v) is 4.74.